The van der Waals surface area contributed by atoms with Crippen LogP contribution in [-0.4, -0.2) is 45.5 Å². The van der Waals surface area contributed by atoms with Gasteiger partial charge in [-0.05, 0) is 81.4 Å². The van der Waals surface area contributed by atoms with E-state index in [2.05, 4.69) is 36.0 Å². The molecule has 8 heteroatoms. The molecule has 174 valence electrons. The smallest absolute Gasteiger partial charge is 0.269 e. The largest absolute Gasteiger partial charge is 0.367 e. The highest BCUT2D eigenvalue weighted by Crippen LogP contribution is 2.25. The quantitative estimate of drug-likeness (QED) is 0.263. The van der Waals surface area contributed by atoms with Gasteiger partial charge in [-0.3, -0.25) is 10.1 Å². The minimum atomic E-state index is -0.412. The molecule has 0 spiro atoms. The fourth-order valence-electron chi connectivity index (χ4n) is 3.65. The molecule has 2 aromatic carbocycles. The first kappa shape index (κ1) is 24.6. The molecule has 0 aliphatic rings. The summed E-state index contributed by atoms with van der Waals surface area (Å²) in [6.45, 7) is 9.77. The van der Waals surface area contributed by atoms with Gasteiger partial charge in [0.1, 0.15) is 5.82 Å². The second-order valence-corrected chi connectivity index (χ2v) is 8.42. The molecule has 1 aromatic heterocycles. The number of nitro groups is 1. The zero-order valence-electron chi connectivity index (χ0n) is 19.3. The summed E-state index contributed by atoms with van der Waals surface area (Å²) >= 11 is 6.21. The van der Waals surface area contributed by atoms with Crippen molar-refractivity contribution in [3.63, 3.8) is 0 Å². The molecule has 7 nitrogen and oxygen atoms in total. The fourth-order valence-corrected chi connectivity index (χ4v) is 3.82. The number of fused-ring (bicyclic) bond motifs is 1. The van der Waals surface area contributed by atoms with Gasteiger partial charge in [-0.15, -0.1) is 0 Å². The number of halogens is 1. The van der Waals surface area contributed by atoms with Gasteiger partial charge in [0.15, 0.2) is 5.82 Å². The summed E-state index contributed by atoms with van der Waals surface area (Å²) in [6, 6.07) is 12.2. The Morgan fingerprint density at radius 2 is 1.85 bits per heavy atom. The minimum Gasteiger partial charge on any atom is -0.367 e. The summed E-state index contributed by atoms with van der Waals surface area (Å²) in [7, 11) is 0. The van der Waals surface area contributed by atoms with Crippen molar-refractivity contribution in [2.24, 2.45) is 0 Å². The number of hydrogen-bond donors (Lipinski definition) is 1. The number of non-ortho nitro benzene ring substituents is 1. The third kappa shape index (κ3) is 6.97. The van der Waals surface area contributed by atoms with Gasteiger partial charge in [0.2, 0.25) is 0 Å². The molecule has 0 fully saturated rings. The molecule has 1 heterocycles. The van der Waals surface area contributed by atoms with Gasteiger partial charge >= 0.3 is 0 Å². The van der Waals surface area contributed by atoms with Crippen LogP contribution >= 0.6 is 11.6 Å². The third-order valence-corrected chi connectivity index (χ3v) is 5.83. The van der Waals surface area contributed by atoms with Crippen molar-refractivity contribution in [3.8, 4) is 0 Å². The lowest BCUT2D eigenvalue weighted by molar-refractivity contribution is -0.384. The van der Waals surface area contributed by atoms with Gasteiger partial charge < -0.3 is 10.2 Å². The van der Waals surface area contributed by atoms with Crippen molar-refractivity contribution < 1.29 is 4.92 Å². The van der Waals surface area contributed by atoms with Crippen LogP contribution in [0.1, 0.15) is 45.0 Å². The first-order valence-electron chi connectivity index (χ1n) is 11.3. The SMILES string of the molecule is CCN(CC)CCCC(C)Nc1nc(/C=C/c2ccc([N+](=O)[O-])cc2)nc2cc(Cl)ccc12. The van der Waals surface area contributed by atoms with Crippen molar-refractivity contribution in [3.05, 3.63) is 69.0 Å². The summed E-state index contributed by atoms with van der Waals surface area (Å²) in [5.41, 5.74) is 1.65. The molecule has 1 unspecified atom stereocenters. The minimum absolute atomic E-state index is 0.0604. The second kappa shape index (κ2) is 11.7. The van der Waals surface area contributed by atoms with E-state index >= 15 is 0 Å². The molecule has 1 N–H and O–H groups in total. The van der Waals surface area contributed by atoms with Crippen LogP contribution in [0.5, 0.6) is 0 Å². The molecule has 1 atom stereocenters. The number of nitrogens with one attached hydrogen (secondary N) is 1. The number of rotatable bonds is 11. The lowest BCUT2D eigenvalue weighted by Crippen LogP contribution is -2.25. The second-order valence-electron chi connectivity index (χ2n) is 7.99. The van der Waals surface area contributed by atoms with E-state index in [-0.39, 0.29) is 11.7 Å². The predicted molar refractivity (Wildman–Crippen MR) is 137 cm³/mol. The van der Waals surface area contributed by atoms with Crippen LogP contribution in [-0.2, 0) is 0 Å². The van der Waals surface area contributed by atoms with Crippen LogP contribution in [0.4, 0.5) is 11.5 Å². The van der Waals surface area contributed by atoms with Gasteiger partial charge in [-0.1, -0.05) is 31.5 Å². The van der Waals surface area contributed by atoms with E-state index in [1.165, 1.54) is 12.1 Å². The van der Waals surface area contributed by atoms with E-state index in [0.29, 0.717) is 10.8 Å². The van der Waals surface area contributed by atoms with Gasteiger partial charge in [0, 0.05) is 28.6 Å². The van der Waals surface area contributed by atoms with Crippen LogP contribution in [0.25, 0.3) is 23.1 Å². The van der Waals surface area contributed by atoms with Gasteiger partial charge in [-0.25, -0.2) is 9.97 Å². The van der Waals surface area contributed by atoms with E-state index in [1.54, 1.807) is 18.2 Å². The molecule has 3 rings (SSSR count). The Balaban J connectivity index is 1.79. The van der Waals surface area contributed by atoms with Gasteiger partial charge in [0.05, 0.1) is 10.4 Å². The standard InChI is InChI=1S/C25H30ClN5O2/c1-4-30(5-2)16-6-7-18(3)27-25-22-14-11-20(26)17-23(22)28-24(29-25)15-10-19-8-12-21(13-9-19)31(32)33/h8-15,17-18H,4-7,16H2,1-3H3,(H,27,28,29)/b15-10+. The predicted octanol–water partition coefficient (Wildman–Crippen LogP) is 6.28. The molecule has 0 radical (unpaired) electrons. The van der Waals surface area contributed by atoms with Gasteiger partial charge in [0.25, 0.3) is 5.69 Å². The maximum absolute atomic E-state index is 10.8. The van der Waals surface area contributed by atoms with Crippen LogP contribution in [0.2, 0.25) is 5.02 Å². The molecule has 0 amide bonds. The molecule has 33 heavy (non-hydrogen) atoms. The normalized spacial score (nSPS) is 12.5. The first-order chi connectivity index (χ1) is 15.9. The summed E-state index contributed by atoms with van der Waals surface area (Å²) in [6.07, 6.45) is 5.78. The van der Waals surface area contributed by atoms with Gasteiger partial charge in [-0.2, -0.15) is 0 Å². The Labute approximate surface area is 199 Å². The number of hydrogen-bond acceptors (Lipinski definition) is 6. The summed E-state index contributed by atoms with van der Waals surface area (Å²) in [4.78, 5) is 22.2. The van der Waals surface area contributed by atoms with Crippen LogP contribution < -0.4 is 5.32 Å². The summed E-state index contributed by atoms with van der Waals surface area (Å²) < 4.78 is 0. The molecule has 0 saturated heterocycles. The molecular formula is C25H30ClN5O2. The van der Waals surface area contributed by atoms with E-state index in [0.717, 1.165) is 54.8 Å². The first-order valence-corrected chi connectivity index (χ1v) is 11.7. The molecule has 0 bridgehead atoms. The highest BCUT2D eigenvalue weighted by molar-refractivity contribution is 6.31. The van der Waals surface area contributed by atoms with E-state index < -0.39 is 4.92 Å². The Morgan fingerprint density at radius 3 is 2.52 bits per heavy atom. The van der Waals surface area contributed by atoms with Crippen molar-refractivity contribution in [1.29, 1.82) is 0 Å². The average molecular weight is 468 g/mol. The van der Waals surface area contributed by atoms with Crippen molar-refractivity contribution in [2.75, 3.05) is 25.0 Å². The van der Waals surface area contributed by atoms with Crippen molar-refractivity contribution >= 4 is 46.2 Å². The number of anilines is 1. The highest BCUT2D eigenvalue weighted by atomic mass is 35.5. The van der Waals surface area contributed by atoms with Crippen LogP contribution in [0, 0.1) is 10.1 Å². The maximum atomic E-state index is 10.8. The Morgan fingerprint density at radius 1 is 1.12 bits per heavy atom. The zero-order valence-corrected chi connectivity index (χ0v) is 20.0. The van der Waals surface area contributed by atoms with Crippen molar-refractivity contribution in [2.45, 2.75) is 39.7 Å². The number of aromatic nitrogens is 2. The molecule has 0 aliphatic carbocycles. The van der Waals surface area contributed by atoms with Crippen molar-refractivity contribution in [1.82, 2.24) is 14.9 Å². The highest BCUT2D eigenvalue weighted by Gasteiger charge is 2.11. The molecular weight excluding hydrogens is 438 g/mol. The third-order valence-electron chi connectivity index (χ3n) is 5.59. The van der Waals surface area contributed by atoms with Crippen LogP contribution in [0.15, 0.2) is 42.5 Å². The Hall–Kier alpha value is -3.03. The molecule has 0 saturated carbocycles. The lowest BCUT2D eigenvalue weighted by Gasteiger charge is -2.20. The van der Waals surface area contributed by atoms with E-state index in [9.17, 15) is 10.1 Å². The Kier molecular flexibility index (Phi) is 8.74. The fraction of sp³-hybridized carbons (Fsp3) is 0.360. The van der Waals surface area contributed by atoms with E-state index in [4.69, 9.17) is 16.6 Å². The number of benzene rings is 2. The van der Waals surface area contributed by atoms with E-state index in [1.807, 2.05) is 24.3 Å². The van der Waals surface area contributed by atoms with Crippen LogP contribution in [0.3, 0.4) is 0 Å². The molecule has 0 aliphatic heterocycles. The lowest BCUT2D eigenvalue weighted by atomic mass is 10.1. The zero-order chi connectivity index (χ0) is 23.8. The Bertz CT molecular complexity index is 1110. The topological polar surface area (TPSA) is 84.2 Å². The maximum Gasteiger partial charge on any atom is 0.269 e. The number of nitrogens with zero attached hydrogens (tertiary/aromatic N) is 4. The molecule has 3 aromatic rings. The number of nitro benzene ring substituents is 1. The summed E-state index contributed by atoms with van der Waals surface area (Å²) in [5, 5.41) is 15.9. The summed E-state index contributed by atoms with van der Waals surface area (Å²) in [5.74, 6) is 1.32. The monoisotopic (exact) mass is 467 g/mol. The average Bonchev–Trinajstić information content (AvgIpc) is 2.80.